The molecule has 5 nitrogen and oxygen atoms in total. The summed E-state index contributed by atoms with van der Waals surface area (Å²) in [6.07, 6.45) is 0.0418. The minimum atomic E-state index is -0.478. The Balaban J connectivity index is 2.14. The van der Waals surface area contributed by atoms with E-state index >= 15 is 0 Å². The van der Waals surface area contributed by atoms with Gasteiger partial charge in [0.25, 0.3) is 0 Å². The molecule has 2 amide bonds. The summed E-state index contributed by atoms with van der Waals surface area (Å²) >= 11 is 1.39. The number of anilines is 1. The maximum atomic E-state index is 12.2. The Bertz CT molecular complexity index is 639. The standard InChI is InChI=1S/C15H17N3O2S/c1-10(8-13(16)19)14(20)18(2)15-17-12(9-21-15)11-6-4-3-5-7-11/h3-7,9-10H,8H2,1-2H3,(H2,16,19)/t10-/m1/s1. The third-order valence-corrected chi connectivity index (χ3v) is 4.03. The number of carbonyl (C=O) groups is 2. The van der Waals surface area contributed by atoms with Gasteiger partial charge in [-0.15, -0.1) is 11.3 Å². The molecule has 1 heterocycles. The summed E-state index contributed by atoms with van der Waals surface area (Å²) in [5.41, 5.74) is 6.96. The molecule has 2 rings (SSSR count). The zero-order chi connectivity index (χ0) is 15.4. The van der Waals surface area contributed by atoms with Crippen LogP contribution in [0.1, 0.15) is 13.3 Å². The topological polar surface area (TPSA) is 76.3 Å². The van der Waals surface area contributed by atoms with Crippen LogP contribution in [0.3, 0.4) is 0 Å². The van der Waals surface area contributed by atoms with Gasteiger partial charge >= 0.3 is 0 Å². The number of hydrogen-bond acceptors (Lipinski definition) is 4. The first-order valence-electron chi connectivity index (χ1n) is 6.56. The highest BCUT2D eigenvalue weighted by Crippen LogP contribution is 2.27. The third-order valence-electron chi connectivity index (χ3n) is 3.11. The molecule has 1 aromatic carbocycles. The number of hydrogen-bond donors (Lipinski definition) is 1. The van der Waals surface area contributed by atoms with Crippen molar-refractivity contribution in [3.05, 3.63) is 35.7 Å². The summed E-state index contributed by atoms with van der Waals surface area (Å²) in [7, 11) is 1.66. The van der Waals surface area contributed by atoms with E-state index in [4.69, 9.17) is 5.73 Å². The van der Waals surface area contributed by atoms with Crippen molar-refractivity contribution < 1.29 is 9.59 Å². The van der Waals surface area contributed by atoms with E-state index in [1.54, 1.807) is 14.0 Å². The van der Waals surface area contributed by atoms with Gasteiger partial charge < -0.3 is 5.73 Å². The fraction of sp³-hybridized carbons (Fsp3) is 0.267. The van der Waals surface area contributed by atoms with Crippen molar-refractivity contribution in [3.8, 4) is 11.3 Å². The normalized spacial score (nSPS) is 11.9. The average molecular weight is 303 g/mol. The van der Waals surface area contributed by atoms with Crippen LogP contribution in [0.4, 0.5) is 5.13 Å². The van der Waals surface area contributed by atoms with Crippen LogP contribution in [0.15, 0.2) is 35.7 Å². The number of carbonyl (C=O) groups excluding carboxylic acids is 2. The summed E-state index contributed by atoms with van der Waals surface area (Å²) in [6, 6.07) is 9.76. The van der Waals surface area contributed by atoms with E-state index in [-0.39, 0.29) is 12.3 Å². The van der Waals surface area contributed by atoms with Crippen molar-refractivity contribution in [2.75, 3.05) is 11.9 Å². The predicted octanol–water partition coefficient (Wildman–Crippen LogP) is 2.28. The fourth-order valence-electron chi connectivity index (χ4n) is 1.97. The molecule has 0 aliphatic rings. The first-order chi connectivity index (χ1) is 9.99. The monoisotopic (exact) mass is 303 g/mol. The van der Waals surface area contributed by atoms with Gasteiger partial charge in [0.2, 0.25) is 11.8 Å². The number of benzene rings is 1. The van der Waals surface area contributed by atoms with Crippen molar-refractivity contribution in [1.29, 1.82) is 0 Å². The molecule has 0 saturated carbocycles. The molecule has 0 radical (unpaired) electrons. The van der Waals surface area contributed by atoms with Gasteiger partial charge in [0, 0.05) is 30.3 Å². The van der Waals surface area contributed by atoms with Crippen molar-refractivity contribution >= 4 is 28.3 Å². The van der Waals surface area contributed by atoms with Gasteiger partial charge in [-0.3, -0.25) is 14.5 Å². The number of aromatic nitrogens is 1. The second-order valence-corrected chi connectivity index (χ2v) is 5.69. The first-order valence-corrected chi connectivity index (χ1v) is 7.44. The SMILES string of the molecule is C[C@H](CC(N)=O)C(=O)N(C)c1nc(-c2ccccc2)cs1. The lowest BCUT2D eigenvalue weighted by molar-refractivity contribution is -0.126. The van der Waals surface area contributed by atoms with E-state index in [1.807, 2.05) is 35.7 Å². The van der Waals surface area contributed by atoms with Crippen LogP contribution in [0.5, 0.6) is 0 Å². The minimum Gasteiger partial charge on any atom is -0.370 e. The smallest absolute Gasteiger partial charge is 0.231 e. The van der Waals surface area contributed by atoms with Crippen LogP contribution < -0.4 is 10.6 Å². The molecule has 2 aromatic rings. The Kier molecular flexibility index (Phi) is 4.70. The van der Waals surface area contributed by atoms with Crippen molar-refractivity contribution in [2.24, 2.45) is 11.7 Å². The highest BCUT2D eigenvalue weighted by Gasteiger charge is 2.22. The van der Waals surface area contributed by atoms with Gasteiger partial charge in [-0.2, -0.15) is 0 Å². The average Bonchev–Trinajstić information content (AvgIpc) is 2.95. The Morgan fingerprint density at radius 3 is 2.62 bits per heavy atom. The van der Waals surface area contributed by atoms with Gasteiger partial charge in [-0.1, -0.05) is 37.3 Å². The number of thiazole rings is 1. The first kappa shape index (κ1) is 15.2. The minimum absolute atomic E-state index is 0.0418. The Morgan fingerprint density at radius 2 is 2.00 bits per heavy atom. The number of primary amides is 1. The van der Waals surface area contributed by atoms with Crippen LogP contribution in [-0.4, -0.2) is 23.8 Å². The quantitative estimate of drug-likeness (QED) is 0.920. The van der Waals surface area contributed by atoms with Crippen LogP contribution in [0.25, 0.3) is 11.3 Å². The van der Waals surface area contributed by atoms with E-state index in [9.17, 15) is 9.59 Å². The molecule has 0 aliphatic heterocycles. The molecule has 110 valence electrons. The highest BCUT2D eigenvalue weighted by molar-refractivity contribution is 7.14. The van der Waals surface area contributed by atoms with E-state index < -0.39 is 11.8 Å². The molecule has 6 heteroatoms. The largest absolute Gasteiger partial charge is 0.370 e. The summed E-state index contributed by atoms with van der Waals surface area (Å²) in [4.78, 5) is 29.1. The van der Waals surface area contributed by atoms with Gasteiger partial charge in [0.05, 0.1) is 5.69 Å². The molecule has 0 fully saturated rings. The van der Waals surface area contributed by atoms with E-state index in [2.05, 4.69) is 4.98 Å². The highest BCUT2D eigenvalue weighted by atomic mass is 32.1. The second-order valence-electron chi connectivity index (χ2n) is 4.85. The van der Waals surface area contributed by atoms with Gasteiger partial charge in [0.1, 0.15) is 0 Å². The number of nitrogens with zero attached hydrogens (tertiary/aromatic N) is 2. The Morgan fingerprint density at radius 1 is 1.33 bits per heavy atom. The third kappa shape index (κ3) is 3.66. The molecule has 21 heavy (non-hydrogen) atoms. The van der Waals surface area contributed by atoms with Gasteiger partial charge in [0.15, 0.2) is 5.13 Å². The van der Waals surface area contributed by atoms with Gasteiger partial charge in [-0.25, -0.2) is 4.98 Å². The number of nitrogens with two attached hydrogens (primary N) is 1. The molecule has 0 spiro atoms. The summed E-state index contributed by atoms with van der Waals surface area (Å²) < 4.78 is 0. The molecular weight excluding hydrogens is 286 g/mol. The maximum absolute atomic E-state index is 12.2. The number of rotatable bonds is 5. The van der Waals surface area contributed by atoms with E-state index in [0.717, 1.165) is 11.3 Å². The Labute approximate surface area is 127 Å². The van der Waals surface area contributed by atoms with E-state index in [1.165, 1.54) is 16.2 Å². The summed E-state index contributed by atoms with van der Waals surface area (Å²) in [5.74, 6) is -1.09. The zero-order valence-electron chi connectivity index (χ0n) is 11.9. The maximum Gasteiger partial charge on any atom is 0.231 e. The van der Waals surface area contributed by atoms with Crippen molar-refractivity contribution in [3.63, 3.8) is 0 Å². The molecule has 2 N–H and O–H groups in total. The molecule has 0 aliphatic carbocycles. The predicted molar refractivity (Wildman–Crippen MR) is 83.9 cm³/mol. The number of amides is 2. The van der Waals surface area contributed by atoms with Crippen molar-refractivity contribution in [1.82, 2.24) is 4.98 Å². The lowest BCUT2D eigenvalue weighted by atomic mass is 10.1. The van der Waals surface area contributed by atoms with Crippen molar-refractivity contribution in [2.45, 2.75) is 13.3 Å². The molecule has 0 saturated heterocycles. The van der Waals surface area contributed by atoms with Crippen LogP contribution in [0, 0.1) is 5.92 Å². The molecular formula is C15H17N3O2S. The molecule has 0 bridgehead atoms. The molecule has 1 aromatic heterocycles. The van der Waals surface area contributed by atoms with Gasteiger partial charge in [-0.05, 0) is 0 Å². The second kappa shape index (κ2) is 6.49. The molecule has 1 atom stereocenters. The Hall–Kier alpha value is -2.21. The summed E-state index contributed by atoms with van der Waals surface area (Å²) in [6.45, 7) is 1.69. The van der Waals surface area contributed by atoms with Crippen LogP contribution in [-0.2, 0) is 9.59 Å². The lowest BCUT2D eigenvalue weighted by Crippen LogP contribution is -2.33. The summed E-state index contributed by atoms with van der Waals surface area (Å²) in [5, 5.41) is 2.52. The lowest BCUT2D eigenvalue weighted by Gasteiger charge is -2.17. The fourth-order valence-corrected chi connectivity index (χ4v) is 2.78. The molecule has 0 unspecified atom stereocenters. The van der Waals surface area contributed by atoms with Crippen LogP contribution >= 0.6 is 11.3 Å². The zero-order valence-corrected chi connectivity index (χ0v) is 12.8. The van der Waals surface area contributed by atoms with E-state index in [0.29, 0.717) is 5.13 Å². The van der Waals surface area contributed by atoms with Crippen LogP contribution in [0.2, 0.25) is 0 Å².